The van der Waals surface area contributed by atoms with E-state index in [1.54, 1.807) is 7.11 Å². The van der Waals surface area contributed by atoms with Crippen molar-refractivity contribution in [3.63, 3.8) is 0 Å². The smallest absolute Gasteiger partial charge is 0.123 e. The van der Waals surface area contributed by atoms with Crippen molar-refractivity contribution >= 4 is 0 Å². The Labute approximate surface area is 116 Å². The lowest BCUT2D eigenvalue weighted by molar-refractivity contribution is 0.225. The van der Waals surface area contributed by atoms with Crippen LogP contribution in [0.5, 0.6) is 5.75 Å². The van der Waals surface area contributed by atoms with Crippen LogP contribution in [0.2, 0.25) is 0 Å². The maximum atomic E-state index is 5.70. The normalized spacial score (nSPS) is 17.6. The van der Waals surface area contributed by atoms with Gasteiger partial charge in [-0.3, -0.25) is 4.90 Å². The van der Waals surface area contributed by atoms with Gasteiger partial charge < -0.3 is 10.5 Å². The van der Waals surface area contributed by atoms with Gasteiger partial charge in [-0.1, -0.05) is 17.7 Å². The van der Waals surface area contributed by atoms with Crippen LogP contribution < -0.4 is 10.5 Å². The van der Waals surface area contributed by atoms with Crippen molar-refractivity contribution in [3.8, 4) is 5.75 Å². The highest BCUT2D eigenvalue weighted by atomic mass is 16.5. The van der Waals surface area contributed by atoms with Crippen LogP contribution in [-0.2, 0) is 0 Å². The van der Waals surface area contributed by atoms with Gasteiger partial charge in [0, 0.05) is 11.6 Å². The van der Waals surface area contributed by atoms with Crippen LogP contribution in [0.3, 0.4) is 0 Å². The molecule has 1 aliphatic heterocycles. The van der Waals surface area contributed by atoms with Gasteiger partial charge >= 0.3 is 0 Å². The first-order chi connectivity index (χ1) is 9.26. The quantitative estimate of drug-likeness (QED) is 0.856. The van der Waals surface area contributed by atoms with Gasteiger partial charge in [-0.05, 0) is 58.3 Å². The third kappa shape index (κ3) is 3.48. The second kappa shape index (κ2) is 6.92. The van der Waals surface area contributed by atoms with Crippen LogP contribution in [0.1, 0.15) is 42.9 Å². The van der Waals surface area contributed by atoms with Crippen LogP contribution in [0, 0.1) is 6.92 Å². The molecule has 3 heteroatoms. The highest BCUT2D eigenvalue weighted by molar-refractivity contribution is 5.39. The van der Waals surface area contributed by atoms with Crippen molar-refractivity contribution < 1.29 is 4.74 Å². The Morgan fingerprint density at radius 2 is 2.05 bits per heavy atom. The second-order valence-corrected chi connectivity index (χ2v) is 5.44. The molecule has 1 atom stereocenters. The molecule has 1 saturated heterocycles. The van der Waals surface area contributed by atoms with E-state index in [0.29, 0.717) is 6.04 Å². The number of benzene rings is 1. The summed E-state index contributed by atoms with van der Waals surface area (Å²) >= 11 is 0. The minimum Gasteiger partial charge on any atom is -0.496 e. The SMILES string of the molecule is COc1ccc(C)cc1C(CCCN)N1CCCC1. The summed E-state index contributed by atoms with van der Waals surface area (Å²) in [6.07, 6.45) is 4.81. The van der Waals surface area contributed by atoms with Crippen molar-refractivity contribution in [1.82, 2.24) is 4.90 Å². The standard InChI is InChI=1S/C16H26N2O/c1-13-7-8-16(19-2)14(12-13)15(6-5-9-17)18-10-3-4-11-18/h7-8,12,15H,3-6,9-11,17H2,1-2H3. The van der Waals surface area contributed by atoms with E-state index in [0.717, 1.165) is 25.1 Å². The lowest BCUT2D eigenvalue weighted by Gasteiger charge is -2.29. The summed E-state index contributed by atoms with van der Waals surface area (Å²) in [6, 6.07) is 6.95. The molecule has 0 saturated carbocycles. The molecule has 106 valence electrons. The Morgan fingerprint density at radius 3 is 2.68 bits per heavy atom. The molecule has 0 radical (unpaired) electrons. The van der Waals surface area contributed by atoms with Crippen molar-refractivity contribution in [1.29, 1.82) is 0 Å². The molecule has 0 bridgehead atoms. The predicted octanol–water partition coefficient (Wildman–Crippen LogP) is 2.88. The van der Waals surface area contributed by atoms with Gasteiger partial charge in [0.15, 0.2) is 0 Å². The first-order valence-corrected chi connectivity index (χ1v) is 7.35. The number of ether oxygens (including phenoxy) is 1. The average molecular weight is 262 g/mol. The predicted molar refractivity (Wildman–Crippen MR) is 79.6 cm³/mol. The zero-order chi connectivity index (χ0) is 13.7. The van der Waals surface area contributed by atoms with Gasteiger partial charge in [0.1, 0.15) is 5.75 Å². The number of nitrogens with zero attached hydrogens (tertiary/aromatic N) is 1. The summed E-state index contributed by atoms with van der Waals surface area (Å²) in [5.74, 6) is 1.01. The van der Waals surface area contributed by atoms with Gasteiger partial charge in [-0.25, -0.2) is 0 Å². The fourth-order valence-electron chi connectivity index (χ4n) is 3.01. The topological polar surface area (TPSA) is 38.5 Å². The summed E-state index contributed by atoms with van der Waals surface area (Å²) in [5, 5.41) is 0. The lowest BCUT2D eigenvalue weighted by atomic mass is 9.97. The van der Waals surface area contributed by atoms with Gasteiger partial charge in [0.05, 0.1) is 7.11 Å². The second-order valence-electron chi connectivity index (χ2n) is 5.44. The minimum absolute atomic E-state index is 0.459. The maximum absolute atomic E-state index is 5.70. The third-order valence-electron chi connectivity index (χ3n) is 4.01. The van der Waals surface area contributed by atoms with Crippen molar-refractivity contribution in [2.24, 2.45) is 5.73 Å². The Hall–Kier alpha value is -1.06. The molecule has 19 heavy (non-hydrogen) atoms. The molecule has 0 aliphatic carbocycles. The fraction of sp³-hybridized carbons (Fsp3) is 0.625. The fourth-order valence-corrected chi connectivity index (χ4v) is 3.01. The Balaban J connectivity index is 2.27. The zero-order valence-corrected chi connectivity index (χ0v) is 12.2. The van der Waals surface area contributed by atoms with Crippen LogP contribution >= 0.6 is 0 Å². The monoisotopic (exact) mass is 262 g/mol. The van der Waals surface area contributed by atoms with E-state index < -0.39 is 0 Å². The van der Waals surface area contributed by atoms with E-state index in [-0.39, 0.29) is 0 Å². The average Bonchev–Trinajstić information content (AvgIpc) is 2.93. The van der Waals surface area contributed by atoms with E-state index in [1.807, 2.05) is 0 Å². The van der Waals surface area contributed by atoms with Gasteiger partial charge in [-0.15, -0.1) is 0 Å². The maximum Gasteiger partial charge on any atom is 0.123 e. The van der Waals surface area contributed by atoms with E-state index in [1.165, 1.54) is 37.1 Å². The zero-order valence-electron chi connectivity index (χ0n) is 12.2. The highest BCUT2D eigenvalue weighted by Crippen LogP contribution is 2.35. The largest absolute Gasteiger partial charge is 0.496 e. The number of methoxy groups -OCH3 is 1. The third-order valence-corrected chi connectivity index (χ3v) is 4.01. The summed E-state index contributed by atoms with van der Waals surface area (Å²) in [6.45, 7) is 5.31. The number of hydrogen-bond donors (Lipinski definition) is 1. The van der Waals surface area contributed by atoms with Gasteiger partial charge in [0.2, 0.25) is 0 Å². The molecule has 0 amide bonds. The molecule has 1 heterocycles. The molecule has 1 unspecified atom stereocenters. The summed E-state index contributed by atoms with van der Waals surface area (Å²) < 4.78 is 5.56. The number of nitrogens with two attached hydrogens (primary N) is 1. The molecule has 2 rings (SSSR count). The number of rotatable bonds is 6. The van der Waals surface area contributed by atoms with E-state index >= 15 is 0 Å². The number of hydrogen-bond acceptors (Lipinski definition) is 3. The van der Waals surface area contributed by atoms with E-state index in [2.05, 4.69) is 30.0 Å². The lowest BCUT2D eigenvalue weighted by Crippen LogP contribution is -2.26. The van der Waals surface area contributed by atoms with Gasteiger partial charge in [-0.2, -0.15) is 0 Å². The Kier molecular flexibility index (Phi) is 5.23. The molecule has 1 aromatic carbocycles. The molecule has 1 aliphatic rings. The molecule has 1 fully saturated rings. The molecule has 2 N–H and O–H groups in total. The van der Waals surface area contributed by atoms with Crippen molar-refractivity contribution in [2.45, 2.75) is 38.6 Å². The van der Waals surface area contributed by atoms with Crippen LogP contribution in [0.15, 0.2) is 18.2 Å². The summed E-state index contributed by atoms with van der Waals surface area (Å²) in [5.41, 5.74) is 8.33. The van der Waals surface area contributed by atoms with Gasteiger partial charge in [0.25, 0.3) is 0 Å². The van der Waals surface area contributed by atoms with E-state index in [4.69, 9.17) is 10.5 Å². The number of likely N-dealkylation sites (tertiary alicyclic amines) is 1. The summed E-state index contributed by atoms with van der Waals surface area (Å²) in [4.78, 5) is 2.59. The van der Waals surface area contributed by atoms with Crippen molar-refractivity contribution in [2.75, 3.05) is 26.7 Å². The van der Waals surface area contributed by atoms with Crippen LogP contribution in [0.4, 0.5) is 0 Å². The Bertz CT molecular complexity index is 400. The molecule has 0 spiro atoms. The van der Waals surface area contributed by atoms with Crippen LogP contribution in [0.25, 0.3) is 0 Å². The molecular weight excluding hydrogens is 236 g/mol. The minimum atomic E-state index is 0.459. The molecule has 3 nitrogen and oxygen atoms in total. The van der Waals surface area contributed by atoms with Crippen LogP contribution in [-0.4, -0.2) is 31.6 Å². The number of aryl methyl sites for hydroxylation is 1. The van der Waals surface area contributed by atoms with E-state index in [9.17, 15) is 0 Å². The highest BCUT2D eigenvalue weighted by Gasteiger charge is 2.25. The first kappa shape index (κ1) is 14.4. The summed E-state index contributed by atoms with van der Waals surface area (Å²) in [7, 11) is 1.76. The first-order valence-electron chi connectivity index (χ1n) is 7.35. The molecule has 0 aromatic heterocycles. The molecule has 1 aromatic rings. The Morgan fingerprint density at radius 1 is 1.32 bits per heavy atom. The molecular formula is C16H26N2O. The van der Waals surface area contributed by atoms with Crippen molar-refractivity contribution in [3.05, 3.63) is 29.3 Å².